The van der Waals surface area contributed by atoms with Crippen LogP contribution in [0.2, 0.25) is 0 Å². The highest BCUT2D eigenvalue weighted by Gasteiger charge is 2.49. The maximum Gasteiger partial charge on any atom is 0.407 e. The first kappa shape index (κ1) is 27.1. The maximum absolute atomic E-state index is 14.5. The number of aromatic amines is 1. The molecule has 4 rings (SSSR count). The van der Waals surface area contributed by atoms with Crippen LogP contribution in [0, 0.1) is 12.7 Å². The molecule has 3 aromatic rings. The fourth-order valence-electron chi connectivity index (χ4n) is 4.40. The number of amides is 1. The van der Waals surface area contributed by atoms with Gasteiger partial charge in [-0.15, -0.1) is 0 Å². The van der Waals surface area contributed by atoms with Gasteiger partial charge in [0.15, 0.2) is 0 Å². The van der Waals surface area contributed by atoms with Crippen LogP contribution < -0.4 is 10.0 Å². The minimum absolute atomic E-state index is 0.0158. The molecule has 0 aliphatic heterocycles. The van der Waals surface area contributed by atoms with Crippen molar-refractivity contribution in [3.63, 3.8) is 0 Å². The number of nitrogens with zero attached hydrogens (tertiary/aromatic N) is 1. The van der Waals surface area contributed by atoms with Gasteiger partial charge in [0, 0.05) is 23.1 Å². The fourth-order valence-corrected chi connectivity index (χ4v) is 5.74. The molecule has 1 fully saturated rings. The molecule has 37 heavy (non-hydrogen) atoms. The molecule has 1 aromatic carbocycles. The van der Waals surface area contributed by atoms with Gasteiger partial charge in [-0.3, -0.25) is 9.78 Å². The molecule has 2 aromatic heterocycles. The minimum atomic E-state index is -4.81. The summed E-state index contributed by atoms with van der Waals surface area (Å²) >= 11 is 0. The van der Waals surface area contributed by atoms with Crippen molar-refractivity contribution in [3.05, 3.63) is 47.4 Å². The summed E-state index contributed by atoms with van der Waals surface area (Å²) in [6.45, 7) is 3.02. The molecule has 0 atom stereocenters. The molecule has 2 heterocycles. The predicted octanol–water partition coefficient (Wildman–Crippen LogP) is 5.36. The zero-order valence-corrected chi connectivity index (χ0v) is 21.4. The summed E-state index contributed by atoms with van der Waals surface area (Å²) in [7, 11) is -4.55. The second kappa shape index (κ2) is 9.71. The summed E-state index contributed by atoms with van der Waals surface area (Å²) in [5, 5.41) is 3.36. The molecule has 1 aliphatic carbocycles. The molecule has 12 heteroatoms. The zero-order valence-electron chi connectivity index (χ0n) is 20.6. The van der Waals surface area contributed by atoms with Crippen molar-refractivity contribution >= 4 is 26.8 Å². The zero-order chi connectivity index (χ0) is 27.2. The summed E-state index contributed by atoms with van der Waals surface area (Å²) in [5.74, 6) is -0.902. The first-order valence-corrected chi connectivity index (χ1v) is 13.4. The number of aromatic nitrogens is 2. The lowest BCUT2D eigenvalue weighted by atomic mass is 9.95. The predicted molar refractivity (Wildman–Crippen MR) is 131 cm³/mol. The third kappa shape index (κ3) is 5.49. The molecule has 7 nitrogen and oxygen atoms in total. The average molecular weight is 541 g/mol. The van der Waals surface area contributed by atoms with E-state index in [1.165, 1.54) is 12.1 Å². The molecule has 3 N–H and O–H groups in total. The van der Waals surface area contributed by atoms with Crippen LogP contribution in [0.25, 0.3) is 22.3 Å². The number of benzene rings is 1. The number of fused-ring (bicyclic) bond motifs is 1. The van der Waals surface area contributed by atoms with Crippen LogP contribution in [0.4, 0.5) is 17.6 Å². The van der Waals surface area contributed by atoms with Gasteiger partial charge in [-0.1, -0.05) is 19.3 Å². The number of nitrogens with one attached hydrogen (secondary N) is 3. The van der Waals surface area contributed by atoms with E-state index in [9.17, 15) is 30.8 Å². The highest BCUT2D eigenvalue weighted by Crippen LogP contribution is 2.33. The number of alkyl halides is 3. The molecule has 0 bridgehead atoms. The molecule has 0 spiro atoms. The van der Waals surface area contributed by atoms with Gasteiger partial charge < -0.3 is 10.3 Å². The van der Waals surface area contributed by atoms with E-state index in [0.717, 1.165) is 58.2 Å². The quantitative estimate of drug-likeness (QED) is 0.366. The highest BCUT2D eigenvalue weighted by molar-refractivity contribution is 7.89. The lowest BCUT2D eigenvalue weighted by Crippen LogP contribution is -2.54. The van der Waals surface area contributed by atoms with Crippen LogP contribution in [-0.4, -0.2) is 42.0 Å². The van der Waals surface area contributed by atoms with E-state index in [1.54, 1.807) is 17.7 Å². The van der Waals surface area contributed by atoms with Crippen molar-refractivity contribution in [3.8, 4) is 11.4 Å². The van der Waals surface area contributed by atoms with E-state index in [1.807, 2.05) is 0 Å². The van der Waals surface area contributed by atoms with Crippen LogP contribution in [0.3, 0.4) is 0 Å². The van der Waals surface area contributed by atoms with E-state index >= 15 is 0 Å². The standard InChI is InChI=1S/C25H28F4N4O3S/c1-14-11-20-17(12-18(14)26)21(23(34)31-15-7-5-4-6-8-15)22(32-20)19-10-9-16(13-30-19)37(35,36)33-24(2,3)25(27,28)29/h9-13,15,32-33H,4-8H2,1-3H3,(H,31,34). The Morgan fingerprint density at radius 2 is 1.78 bits per heavy atom. The molecule has 1 saturated carbocycles. The number of pyridine rings is 1. The average Bonchev–Trinajstić information content (AvgIpc) is 3.17. The van der Waals surface area contributed by atoms with Gasteiger partial charge >= 0.3 is 6.18 Å². The van der Waals surface area contributed by atoms with Gasteiger partial charge in [0.2, 0.25) is 10.0 Å². The van der Waals surface area contributed by atoms with Crippen LogP contribution in [0.1, 0.15) is 61.9 Å². The lowest BCUT2D eigenvalue weighted by Gasteiger charge is -2.28. The summed E-state index contributed by atoms with van der Waals surface area (Å²) < 4.78 is 80.9. The van der Waals surface area contributed by atoms with Crippen molar-refractivity contribution in [2.24, 2.45) is 0 Å². The van der Waals surface area contributed by atoms with Crippen molar-refractivity contribution in [1.29, 1.82) is 0 Å². The van der Waals surface area contributed by atoms with Crippen molar-refractivity contribution in [2.75, 3.05) is 0 Å². The summed E-state index contributed by atoms with van der Waals surface area (Å²) in [5.41, 5.74) is -1.24. The Morgan fingerprint density at radius 1 is 1.11 bits per heavy atom. The van der Waals surface area contributed by atoms with Gasteiger partial charge in [-0.2, -0.15) is 17.9 Å². The van der Waals surface area contributed by atoms with Crippen LogP contribution in [-0.2, 0) is 10.0 Å². The Morgan fingerprint density at radius 3 is 2.38 bits per heavy atom. The SMILES string of the molecule is Cc1cc2[nH]c(-c3ccc(S(=O)(=O)NC(C)(C)C(F)(F)F)cn3)c(C(=O)NC3CCCCC3)c2cc1F. The molecule has 1 aliphatic rings. The number of sulfonamides is 1. The fraction of sp³-hybridized carbons (Fsp3) is 0.440. The molecule has 0 radical (unpaired) electrons. The topological polar surface area (TPSA) is 104 Å². The third-order valence-electron chi connectivity index (χ3n) is 6.65. The summed E-state index contributed by atoms with van der Waals surface area (Å²) in [4.78, 5) is 20.1. The number of H-pyrrole nitrogens is 1. The first-order valence-electron chi connectivity index (χ1n) is 11.9. The number of rotatable bonds is 6. The van der Waals surface area contributed by atoms with Crippen molar-refractivity contribution < 1.29 is 30.8 Å². The Bertz CT molecular complexity index is 1420. The molecular weight excluding hydrogens is 512 g/mol. The van der Waals surface area contributed by atoms with E-state index < -0.39 is 38.4 Å². The Kier molecular flexibility index (Phi) is 7.10. The molecule has 200 valence electrons. The van der Waals surface area contributed by atoms with Crippen LogP contribution >= 0.6 is 0 Å². The maximum atomic E-state index is 14.5. The molecule has 1 amide bonds. The van der Waals surface area contributed by atoms with E-state index in [-0.39, 0.29) is 23.0 Å². The second-order valence-corrected chi connectivity index (χ2v) is 11.6. The first-order chi connectivity index (χ1) is 17.2. The second-order valence-electron chi connectivity index (χ2n) is 9.94. The molecule has 0 unspecified atom stereocenters. The number of hydrogen-bond acceptors (Lipinski definition) is 4. The summed E-state index contributed by atoms with van der Waals surface area (Å²) in [6.07, 6.45) is 0.873. The lowest BCUT2D eigenvalue weighted by molar-refractivity contribution is -0.180. The summed E-state index contributed by atoms with van der Waals surface area (Å²) in [6, 6.07) is 5.21. The molecule has 0 saturated heterocycles. The van der Waals surface area contributed by atoms with Crippen LogP contribution in [0.15, 0.2) is 35.4 Å². The number of hydrogen-bond donors (Lipinski definition) is 3. The van der Waals surface area contributed by atoms with Gasteiger partial charge in [-0.25, -0.2) is 12.8 Å². The number of aryl methyl sites for hydroxylation is 1. The van der Waals surface area contributed by atoms with E-state index in [0.29, 0.717) is 16.5 Å². The molecular formula is C25H28F4N4O3S. The Hall–Kier alpha value is -2.99. The monoisotopic (exact) mass is 540 g/mol. The Balaban J connectivity index is 1.73. The largest absolute Gasteiger partial charge is 0.407 e. The highest BCUT2D eigenvalue weighted by atomic mass is 32.2. The normalized spacial score (nSPS) is 15.8. The third-order valence-corrected chi connectivity index (χ3v) is 8.29. The van der Waals surface area contributed by atoms with Gasteiger partial charge in [0.1, 0.15) is 16.3 Å². The van der Waals surface area contributed by atoms with Crippen LogP contribution in [0.5, 0.6) is 0 Å². The van der Waals surface area contributed by atoms with Crippen molar-refractivity contribution in [2.45, 2.75) is 75.5 Å². The number of halogens is 4. The number of carbonyl (C=O) groups excluding carboxylic acids is 1. The smallest absolute Gasteiger partial charge is 0.353 e. The minimum Gasteiger partial charge on any atom is -0.353 e. The van der Waals surface area contributed by atoms with Gasteiger partial charge in [0.05, 0.1) is 17.0 Å². The van der Waals surface area contributed by atoms with Gasteiger partial charge in [0.25, 0.3) is 5.91 Å². The van der Waals surface area contributed by atoms with E-state index in [2.05, 4.69) is 15.3 Å². The van der Waals surface area contributed by atoms with Crippen molar-refractivity contribution in [1.82, 2.24) is 20.0 Å². The van der Waals surface area contributed by atoms with Gasteiger partial charge in [-0.05, 0) is 63.4 Å². The Labute approximate surface area is 212 Å². The van der Waals surface area contributed by atoms with E-state index in [4.69, 9.17) is 0 Å². The number of carbonyl (C=O) groups is 1.